The molecule has 3 rings (SSSR count). The molecule has 2 unspecified atom stereocenters. The molecule has 0 spiro atoms. The van der Waals surface area contributed by atoms with E-state index in [1.807, 2.05) is 27.7 Å². The van der Waals surface area contributed by atoms with Gasteiger partial charge in [0, 0.05) is 114 Å². The number of rotatable bonds is 20. The Morgan fingerprint density at radius 2 is 1.12 bits per heavy atom. The van der Waals surface area contributed by atoms with Crippen molar-refractivity contribution in [2.24, 2.45) is 23.7 Å². The number of carbonyl (C=O) groups excluding carboxylic acids is 9. The van der Waals surface area contributed by atoms with Crippen molar-refractivity contribution in [2.45, 2.75) is 92.2 Å². The maximum atomic E-state index is 12.2. The Kier molecular flexibility index (Phi) is 21.3. The molecular formula is C37H57N3O11S. The van der Waals surface area contributed by atoms with Gasteiger partial charge in [0.25, 0.3) is 11.8 Å². The molecule has 0 aromatic heterocycles. The number of imide groups is 3. The topological polar surface area (TPSA) is 182 Å². The van der Waals surface area contributed by atoms with Gasteiger partial charge in [-0.2, -0.15) is 0 Å². The highest BCUT2D eigenvalue weighted by Crippen LogP contribution is 2.25. The lowest BCUT2D eigenvalue weighted by molar-refractivity contribution is -0.141. The zero-order chi connectivity index (χ0) is 39.5. The normalized spacial score (nSPS) is 18.6. The number of ketones is 3. The average Bonchev–Trinajstić information content (AvgIpc) is 3.65. The molecule has 6 amide bonds. The molecule has 0 N–H and O–H groups in total. The van der Waals surface area contributed by atoms with Crippen LogP contribution in [0.5, 0.6) is 0 Å². The summed E-state index contributed by atoms with van der Waals surface area (Å²) in [6, 6.07) is 0. The summed E-state index contributed by atoms with van der Waals surface area (Å²) >= 11 is 1.45. The zero-order valence-electron chi connectivity index (χ0n) is 32.0. The summed E-state index contributed by atoms with van der Waals surface area (Å²) in [6.07, 6.45) is 4.58. The van der Waals surface area contributed by atoms with Crippen LogP contribution < -0.4 is 0 Å². The summed E-state index contributed by atoms with van der Waals surface area (Å²) in [5, 5.41) is -0.334. The fraction of sp³-hybridized carbons (Fsp3) is 0.703. The molecule has 0 bridgehead atoms. The van der Waals surface area contributed by atoms with E-state index in [0.29, 0.717) is 25.6 Å². The molecule has 52 heavy (non-hydrogen) atoms. The molecule has 0 saturated carbocycles. The number of thioether (sulfide) groups is 1. The Morgan fingerprint density at radius 1 is 0.673 bits per heavy atom. The van der Waals surface area contributed by atoms with Gasteiger partial charge in [-0.05, 0) is 6.42 Å². The van der Waals surface area contributed by atoms with Crippen molar-refractivity contribution in [3.63, 3.8) is 0 Å². The summed E-state index contributed by atoms with van der Waals surface area (Å²) in [4.78, 5) is 107. The molecule has 0 aromatic rings. The van der Waals surface area contributed by atoms with Crippen LogP contribution in [0.25, 0.3) is 0 Å². The van der Waals surface area contributed by atoms with Crippen LogP contribution in [0.3, 0.4) is 0 Å². The second-order valence-electron chi connectivity index (χ2n) is 13.7. The lowest BCUT2D eigenvalue weighted by Crippen LogP contribution is -2.33. The third-order valence-electron chi connectivity index (χ3n) is 8.43. The predicted molar refractivity (Wildman–Crippen MR) is 195 cm³/mol. The lowest BCUT2D eigenvalue weighted by Gasteiger charge is -2.15. The Balaban J connectivity index is 0.000000407. The van der Waals surface area contributed by atoms with Crippen molar-refractivity contribution in [1.82, 2.24) is 14.7 Å². The Labute approximate surface area is 311 Å². The number of amides is 6. The molecule has 14 nitrogen and oxygen atoms in total. The fourth-order valence-electron chi connectivity index (χ4n) is 4.94. The number of ether oxygens (including phenoxy) is 2. The SMILES string of the molecule is CC(C)C(=O)CCN1C(=O)C=CC1=O.CC(C)C(=O)CCN1C(=O)CC(C)C1=O.COCCCOCCSC1CC(=O)N(CCC(=O)C(C)C)C1=O. The monoisotopic (exact) mass is 751 g/mol. The van der Waals surface area contributed by atoms with E-state index >= 15 is 0 Å². The molecule has 2 atom stereocenters. The minimum Gasteiger partial charge on any atom is -0.385 e. The van der Waals surface area contributed by atoms with Crippen LogP contribution in [-0.4, -0.2) is 125 Å². The number of hydrogen-bond donors (Lipinski definition) is 0. The summed E-state index contributed by atoms with van der Waals surface area (Å²) in [6.45, 7) is 15.1. The van der Waals surface area contributed by atoms with E-state index in [9.17, 15) is 43.2 Å². The van der Waals surface area contributed by atoms with Crippen LogP contribution in [0.1, 0.15) is 87.0 Å². The standard InChI is InChI=1S/C16H27NO5S.C11H17NO3.C10H13NO3/c1-12(2)13(18)5-6-17-15(19)11-14(16(17)20)23-10-9-22-8-4-7-21-3;1-7(2)9(13)4-5-12-10(14)6-8(3)11(12)15;1-7(2)8(12)5-6-11-9(13)3-4-10(11)14/h12,14H,4-11H2,1-3H3;7-8H,4-6H2,1-3H3;3-4,7H,5-6H2,1-2H3. The van der Waals surface area contributed by atoms with Gasteiger partial charge in [0.2, 0.25) is 23.6 Å². The fourth-order valence-corrected chi connectivity index (χ4v) is 5.97. The first kappa shape index (κ1) is 46.5. The van der Waals surface area contributed by atoms with Gasteiger partial charge in [0.05, 0.1) is 11.9 Å². The first-order chi connectivity index (χ1) is 24.4. The number of nitrogens with zero attached hydrogens (tertiary/aromatic N) is 3. The largest absolute Gasteiger partial charge is 0.385 e. The molecular weight excluding hydrogens is 694 g/mol. The molecule has 0 aliphatic carbocycles. The third kappa shape index (κ3) is 16.0. The van der Waals surface area contributed by atoms with E-state index in [1.165, 1.54) is 33.7 Å². The molecule has 2 saturated heterocycles. The first-order valence-electron chi connectivity index (χ1n) is 17.9. The van der Waals surface area contributed by atoms with E-state index in [4.69, 9.17) is 9.47 Å². The molecule has 3 heterocycles. The molecule has 2 fully saturated rings. The van der Waals surface area contributed by atoms with E-state index in [0.717, 1.165) is 11.3 Å². The van der Waals surface area contributed by atoms with Gasteiger partial charge in [-0.1, -0.05) is 48.5 Å². The lowest BCUT2D eigenvalue weighted by atomic mass is 10.1. The van der Waals surface area contributed by atoms with Gasteiger partial charge >= 0.3 is 0 Å². The summed E-state index contributed by atoms with van der Waals surface area (Å²) < 4.78 is 10.4. The van der Waals surface area contributed by atoms with Gasteiger partial charge in [-0.15, -0.1) is 11.8 Å². The van der Waals surface area contributed by atoms with Crippen molar-refractivity contribution in [2.75, 3.05) is 52.3 Å². The molecule has 15 heteroatoms. The highest BCUT2D eigenvalue weighted by atomic mass is 32.2. The van der Waals surface area contributed by atoms with Crippen molar-refractivity contribution in [3.8, 4) is 0 Å². The number of Topliss-reactive ketones (excluding diaryl/α,β-unsaturated/α-hetero) is 3. The minimum atomic E-state index is -0.334. The molecule has 3 aliphatic rings. The number of methoxy groups -OCH3 is 1. The number of hydrogen-bond acceptors (Lipinski definition) is 12. The predicted octanol–water partition coefficient (Wildman–Crippen LogP) is 3.04. The molecule has 0 radical (unpaired) electrons. The van der Waals surface area contributed by atoms with E-state index in [1.54, 1.807) is 27.9 Å². The van der Waals surface area contributed by atoms with Crippen LogP contribution in [0.2, 0.25) is 0 Å². The quantitative estimate of drug-likeness (QED) is 0.131. The van der Waals surface area contributed by atoms with Gasteiger partial charge in [0.15, 0.2) is 0 Å². The highest BCUT2D eigenvalue weighted by Gasteiger charge is 2.39. The Bertz CT molecular complexity index is 1310. The van der Waals surface area contributed by atoms with Crippen LogP contribution in [-0.2, 0) is 52.6 Å². The van der Waals surface area contributed by atoms with Crippen molar-refractivity contribution in [3.05, 3.63) is 12.2 Å². The summed E-state index contributed by atoms with van der Waals surface area (Å²) in [5.74, 6) is -0.741. The Hall–Kier alpha value is -3.56. The maximum absolute atomic E-state index is 12.2. The second-order valence-corrected chi connectivity index (χ2v) is 15.0. The minimum absolute atomic E-state index is 0.0322. The smallest absolute Gasteiger partial charge is 0.253 e. The van der Waals surface area contributed by atoms with Crippen molar-refractivity contribution < 1.29 is 52.6 Å². The average molecular weight is 752 g/mol. The number of carbonyl (C=O) groups is 9. The highest BCUT2D eigenvalue weighted by molar-refractivity contribution is 8.00. The molecule has 3 aliphatic heterocycles. The van der Waals surface area contributed by atoms with Crippen LogP contribution in [0, 0.1) is 23.7 Å². The van der Waals surface area contributed by atoms with Gasteiger partial charge in [-0.25, -0.2) is 0 Å². The van der Waals surface area contributed by atoms with Crippen molar-refractivity contribution in [1.29, 1.82) is 0 Å². The van der Waals surface area contributed by atoms with E-state index < -0.39 is 0 Å². The summed E-state index contributed by atoms with van der Waals surface area (Å²) in [7, 11) is 1.65. The third-order valence-corrected chi connectivity index (χ3v) is 9.61. The molecule has 292 valence electrons. The van der Waals surface area contributed by atoms with Gasteiger partial charge < -0.3 is 9.47 Å². The van der Waals surface area contributed by atoms with Crippen molar-refractivity contribution >= 4 is 64.6 Å². The van der Waals surface area contributed by atoms with E-state index in [-0.39, 0.29) is 133 Å². The van der Waals surface area contributed by atoms with Crippen LogP contribution >= 0.6 is 11.8 Å². The van der Waals surface area contributed by atoms with Gasteiger partial charge in [0.1, 0.15) is 17.3 Å². The number of likely N-dealkylation sites (tertiary alicyclic amines) is 2. The summed E-state index contributed by atoms with van der Waals surface area (Å²) in [5.41, 5.74) is 0. The maximum Gasteiger partial charge on any atom is 0.253 e. The van der Waals surface area contributed by atoms with Crippen LogP contribution in [0.15, 0.2) is 12.2 Å². The van der Waals surface area contributed by atoms with Crippen LogP contribution in [0.4, 0.5) is 0 Å². The van der Waals surface area contributed by atoms with E-state index in [2.05, 4.69) is 0 Å². The Morgan fingerprint density at radius 3 is 1.54 bits per heavy atom. The zero-order valence-corrected chi connectivity index (χ0v) is 32.8. The first-order valence-corrected chi connectivity index (χ1v) is 19.0. The second kappa shape index (κ2) is 23.9. The molecule has 0 aromatic carbocycles. The van der Waals surface area contributed by atoms with Gasteiger partial charge in [-0.3, -0.25) is 57.9 Å².